The van der Waals surface area contributed by atoms with Crippen molar-refractivity contribution in [3.8, 4) is 5.75 Å². The smallest absolute Gasteiger partial charge is 0.241 e. The highest BCUT2D eigenvalue weighted by atomic mass is 16.5. The lowest BCUT2D eigenvalue weighted by atomic mass is 10.1. The van der Waals surface area contributed by atoms with Crippen LogP contribution in [-0.4, -0.2) is 37.0 Å². The monoisotopic (exact) mass is 279 g/mol. The van der Waals surface area contributed by atoms with Crippen LogP contribution in [0.4, 0.5) is 11.4 Å². The number of hydrogen-bond acceptors (Lipinski definition) is 4. The molecule has 0 aliphatic carbocycles. The van der Waals surface area contributed by atoms with E-state index >= 15 is 0 Å². The first-order chi connectivity index (χ1) is 9.40. The minimum atomic E-state index is -0.216. The molecule has 2 unspecified atom stereocenters. The topological polar surface area (TPSA) is 67.6 Å². The minimum Gasteiger partial charge on any atom is -0.497 e. The molecule has 112 valence electrons. The second kappa shape index (κ2) is 7.14. The van der Waals surface area contributed by atoms with Gasteiger partial charge in [0.05, 0.1) is 24.5 Å². The quantitative estimate of drug-likeness (QED) is 0.784. The van der Waals surface area contributed by atoms with Gasteiger partial charge in [0.2, 0.25) is 5.91 Å². The second-order valence-corrected chi connectivity index (χ2v) is 5.04. The average Bonchev–Trinajstić information content (AvgIpc) is 2.46. The molecule has 0 bridgehead atoms. The summed E-state index contributed by atoms with van der Waals surface area (Å²) in [6, 6.07) is 5.35. The van der Waals surface area contributed by atoms with E-state index in [1.807, 2.05) is 14.0 Å². The molecule has 0 saturated heterocycles. The number of benzene rings is 1. The number of rotatable bonds is 6. The highest BCUT2D eigenvalue weighted by Crippen LogP contribution is 2.24. The fourth-order valence-corrected chi connectivity index (χ4v) is 1.87. The normalized spacial score (nSPS) is 13.9. The maximum Gasteiger partial charge on any atom is 0.241 e. The lowest BCUT2D eigenvalue weighted by Gasteiger charge is -2.29. The van der Waals surface area contributed by atoms with Crippen molar-refractivity contribution < 1.29 is 9.53 Å². The van der Waals surface area contributed by atoms with Gasteiger partial charge in [-0.2, -0.15) is 0 Å². The molecule has 0 aromatic heterocycles. The highest BCUT2D eigenvalue weighted by molar-refractivity contribution is 5.97. The number of likely N-dealkylation sites (N-methyl/N-ethyl adjacent to an activating group) is 1. The molecule has 1 aromatic rings. The maximum absolute atomic E-state index is 12.2. The van der Waals surface area contributed by atoms with Gasteiger partial charge in [0, 0.05) is 12.1 Å². The Morgan fingerprint density at radius 2 is 2.10 bits per heavy atom. The van der Waals surface area contributed by atoms with Crippen LogP contribution in [0.5, 0.6) is 5.75 Å². The number of carbonyl (C=O) groups is 1. The zero-order chi connectivity index (χ0) is 15.3. The summed E-state index contributed by atoms with van der Waals surface area (Å²) in [5.74, 6) is 0.606. The van der Waals surface area contributed by atoms with Crippen LogP contribution in [0, 0.1) is 0 Å². The summed E-state index contributed by atoms with van der Waals surface area (Å²) in [4.78, 5) is 14.3. The Bertz CT molecular complexity index is 462. The molecule has 1 rings (SSSR count). The minimum absolute atomic E-state index is 0.0651. The Morgan fingerprint density at radius 3 is 2.60 bits per heavy atom. The van der Waals surface area contributed by atoms with Crippen molar-refractivity contribution in [2.75, 3.05) is 25.2 Å². The molecule has 0 aliphatic heterocycles. The third-order valence-corrected chi connectivity index (χ3v) is 3.79. The number of carbonyl (C=O) groups excluding carboxylic acids is 1. The van der Waals surface area contributed by atoms with Crippen molar-refractivity contribution in [2.45, 2.75) is 39.3 Å². The Kier molecular flexibility index (Phi) is 5.82. The molecular formula is C15H25N3O2. The van der Waals surface area contributed by atoms with Crippen LogP contribution < -0.4 is 15.8 Å². The standard InChI is InChI=1S/C15H25N3O2/c1-6-10(2)18(4)11(3)15(19)17-14-8-7-12(20-5)9-13(14)16/h7-11H,6,16H2,1-5H3,(H,17,19). The van der Waals surface area contributed by atoms with Crippen LogP contribution in [0.25, 0.3) is 0 Å². The predicted octanol–water partition coefficient (Wildman–Crippen LogP) is 2.33. The first kappa shape index (κ1) is 16.3. The van der Waals surface area contributed by atoms with Crippen molar-refractivity contribution in [2.24, 2.45) is 0 Å². The Balaban J connectivity index is 2.75. The van der Waals surface area contributed by atoms with Gasteiger partial charge < -0.3 is 15.8 Å². The third kappa shape index (κ3) is 3.87. The van der Waals surface area contributed by atoms with Gasteiger partial charge in [0.15, 0.2) is 0 Å². The fraction of sp³-hybridized carbons (Fsp3) is 0.533. The SMILES string of the molecule is CCC(C)N(C)C(C)C(=O)Nc1ccc(OC)cc1N. The summed E-state index contributed by atoms with van der Waals surface area (Å²) >= 11 is 0. The lowest BCUT2D eigenvalue weighted by Crippen LogP contribution is -2.44. The van der Waals surface area contributed by atoms with Gasteiger partial charge >= 0.3 is 0 Å². The number of amides is 1. The van der Waals surface area contributed by atoms with Crippen molar-refractivity contribution in [3.05, 3.63) is 18.2 Å². The zero-order valence-electron chi connectivity index (χ0n) is 12.9. The van der Waals surface area contributed by atoms with Crippen LogP contribution in [-0.2, 0) is 4.79 Å². The molecule has 5 nitrogen and oxygen atoms in total. The van der Waals surface area contributed by atoms with Crippen LogP contribution >= 0.6 is 0 Å². The van der Waals surface area contributed by atoms with Gasteiger partial charge in [-0.25, -0.2) is 0 Å². The Morgan fingerprint density at radius 1 is 1.45 bits per heavy atom. The molecule has 0 saturated carbocycles. The van der Waals surface area contributed by atoms with E-state index in [0.717, 1.165) is 6.42 Å². The van der Waals surface area contributed by atoms with E-state index in [1.54, 1.807) is 25.3 Å². The molecule has 1 amide bonds. The maximum atomic E-state index is 12.2. The summed E-state index contributed by atoms with van der Waals surface area (Å²) in [5, 5.41) is 2.86. The number of nitrogens with two attached hydrogens (primary N) is 1. The molecule has 0 aliphatic rings. The van der Waals surface area contributed by atoms with Gasteiger partial charge in [0.25, 0.3) is 0 Å². The Labute approximate surface area is 121 Å². The number of ether oxygens (including phenoxy) is 1. The number of hydrogen-bond donors (Lipinski definition) is 2. The molecule has 0 spiro atoms. The molecule has 2 atom stereocenters. The Hall–Kier alpha value is -1.75. The fourth-order valence-electron chi connectivity index (χ4n) is 1.87. The van der Waals surface area contributed by atoms with Crippen molar-refractivity contribution >= 4 is 17.3 Å². The molecule has 3 N–H and O–H groups in total. The van der Waals surface area contributed by atoms with E-state index in [9.17, 15) is 4.79 Å². The van der Waals surface area contributed by atoms with Gasteiger partial charge in [-0.3, -0.25) is 9.69 Å². The number of nitrogens with zero attached hydrogens (tertiary/aromatic N) is 1. The molecule has 0 fully saturated rings. The summed E-state index contributed by atoms with van der Waals surface area (Å²) in [5.41, 5.74) is 7.01. The largest absolute Gasteiger partial charge is 0.497 e. The molecule has 0 radical (unpaired) electrons. The first-order valence-corrected chi connectivity index (χ1v) is 6.87. The summed E-state index contributed by atoms with van der Waals surface area (Å²) in [6.07, 6.45) is 0.999. The van der Waals surface area contributed by atoms with Crippen molar-refractivity contribution in [1.82, 2.24) is 4.90 Å². The average molecular weight is 279 g/mol. The molecule has 5 heteroatoms. The van der Waals surface area contributed by atoms with Crippen LogP contribution in [0.3, 0.4) is 0 Å². The molecular weight excluding hydrogens is 254 g/mol. The number of nitrogen functional groups attached to an aromatic ring is 1. The van der Waals surface area contributed by atoms with E-state index in [4.69, 9.17) is 10.5 Å². The predicted molar refractivity (Wildman–Crippen MR) is 83.0 cm³/mol. The van der Waals surface area contributed by atoms with Gasteiger partial charge in [-0.05, 0) is 39.4 Å². The molecule has 20 heavy (non-hydrogen) atoms. The highest BCUT2D eigenvalue weighted by Gasteiger charge is 2.21. The van der Waals surface area contributed by atoms with E-state index in [0.29, 0.717) is 23.2 Å². The van der Waals surface area contributed by atoms with Crippen molar-refractivity contribution in [1.29, 1.82) is 0 Å². The number of methoxy groups -OCH3 is 1. The third-order valence-electron chi connectivity index (χ3n) is 3.79. The van der Waals surface area contributed by atoms with Gasteiger partial charge in [0.1, 0.15) is 5.75 Å². The zero-order valence-corrected chi connectivity index (χ0v) is 12.9. The lowest BCUT2D eigenvalue weighted by molar-refractivity contribution is -0.120. The molecule has 0 heterocycles. The summed E-state index contributed by atoms with van der Waals surface area (Å²) in [7, 11) is 3.53. The van der Waals surface area contributed by atoms with Crippen LogP contribution in [0.1, 0.15) is 27.2 Å². The van der Waals surface area contributed by atoms with Gasteiger partial charge in [-0.15, -0.1) is 0 Å². The van der Waals surface area contributed by atoms with Crippen LogP contribution in [0.2, 0.25) is 0 Å². The number of anilines is 2. The van der Waals surface area contributed by atoms with Gasteiger partial charge in [-0.1, -0.05) is 6.92 Å². The van der Waals surface area contributed by atoms with E-state index in [-0.39, 0.29) is 11.9 Å². The second-order valence-electron chi connectivity index (χ2n) is 5.04. The van der Waals surface area contributed by atoms with Crippen molar-refractivity contribution in [3.63, 3.8) is 0 Å². The van der Waals surface area contributed by atoms with Crippen LogP contribution in [0.15, 0.2) is 18.2 Å². The summed E-state index contributed by atoms with van der Waals surface area (Å²) < 4.78 is 5.09. The van der Waals surface area contributed by atoms with E-state index in [2.05, 4.69) is 24.1 Å². The molecule has 1 aromatic carbocycles. The van der Waals surface area contributed by atoms with E-state index < -0.39 is 0 Å². The summed E-state index contributed by atoms with van der Waals surface area (Å²) in [6.45, 7) is 6.10. The number of nitrogens with one attached hydrogen (secondary N) is 1. The van der Waals surface area contributed by atoms with E-state index in [1.165, 1.54) is 0 Å². The first-order valence-electron chi connectivity index (χ1n) is 6.87.